The van der Waals surface area contributed by atoms with Gasteiger partial charge < -0.3 is 4.57 Å². The first kappa shape index (κ1) is 16.5. The molecule has 0 atom stereocenters. The Bertz CT molecular complexity index is 734. The highest BCUT2D eigenvalue weighted by atomic mass is 35.5. The Morgan fingerprint density at radius 1 is 1.09 bits per heavy atom. The fourth-order valence-electron chi connectivity index (χ4n) is 2.43. The van der Waals surface area contributed by atoms with Gasteiger partial charge in [-0.05, 0) is 42.8 Å². The molecule has 0 spiro atoms. The average molecular weight is 318 g/mol. The lowest BCUT2D eigenvalue weighted by molar-refractivity contribution is 0.0849. The van der Waals surface area contributed by atoms with E-state index in [1.165, 1.54) is 0 Å². The summed E-state index contributed by atoms with van der Waals surface area (Å²) < 4.78 is 1.69. The van der Waals surface area contributed by atoms with Crippen LogP contribution in [0.3, 0.4) is 0 Å². The highest BCUT2D eigenvalue weighted by molar-refractivity contribution is 6.30. The zero-order chi connectivity index (χ0) is 16.7. The van der Waals surface area contributed by atoms with Crippen molar-refractivity contribution in [3.63, 3.8) is 0 Å². The van der Waals surface area contributed by atoms with Crippen LogP contribution >= 0.6 is 11.6 Å². The van der Waals surface area contributed by atoms with Crippen LogP contribution in [0.4, 0.5) is 0 Å². The van der Waals surface area contributed by atoms with Crippen LogP contribution in [0.2, 0.25) is 5.02 Å². The van der Waals surface area contributed by atoms with Gasteiger partial charge in [-0.2, -0.15) is 0 Å². The number of rotatable bonds is 3. The number of hydrogen-bond acceptors (Lipinski definition) is 2. The number of ketones is 2. The first-order valence-electron chi connectivity index (χ1n) is 7.14. The Kier molecular flexibility index (Phi) is 4.30. The van der Waals surface area contributed by atoms with Crippen LogP contribution in [-0.4, -0.2) is 16.1 Å². The zero-order valence-electron chi connectivity index (χ0n) is 13.5. The van der Waals surface area contributed by atoms with E-state index in [2.05, 4.69) is 0 Å². The molecule has 0 aliphatic carbocycles. The van der Waals surface area contributed by atoms with Crippen molar-refractivity contribution in [3.05, 3.63) is 57.9 Å². The lowest BCUT2D eigenvalue weighted by atomic mass is 9.89. The van der Waals surface area contributed by atoms with Gasteiger partial charge in [0.15, 0.2) is 5.78 Å². The molecule has 2 aromatic rings. The predicted octanol–water partition coefficient (Wildman–Crippen LogP) is 4.45. The fourth-order valence-corrected chi connectivity index (χ4v) is 2.55. The SMILES string of the molecule is Cc1cc(C(=O)C(C)(C)C)n(C)c1C(=O)c1ccc(Cl)cc1. The van der Waals surface area contributed by atoms with Crippen molar-refractivity contribution < 1.29 is 9.59 Å². The van der Waals surface area contributed by atoms with Crippen LogP contribution in [0, 0.1) is 12.3 Å². The van der Waals surface area contributed by atoms with Crippen LogP contribution < -0.4 is 0 Å². The van der Waals surface area contributed by atoms with Gasteiger partial charge in [0.1, 0.15) is 0 Å². The molecule has 0 aliphatic heterocycles. The van der Waals surface area contributed by atoms with E-state index in [-0.39, 0.29) is 11.6 Å². The Balaban J connectivity index is 2.49. The summed E-state index contributed by atoms with van der Waals surface area (Å²) in [5.74, 6) is -0.0853. The Morgan fingerprint density at radius 3 is 2.14 bits per heavy atom. The lowest BCUT2D eigenvalue weighted by Crippen LogP contribution is -2.23. The third kappa shape index (κ3) is 3.00. The predicted molar refractivity (Wildman–Crippen MR) is 88.8 cm³/mol. The number of halogens is 1. The maximum absolute atomic E-state index is 12.7. The van der Waals surface area contributed by atoms with Crippen LogP contribution in [-0.2, 0) is 7.05 Å². The van der Waals surface area contributed by atoms with Gasteiger partial charge >= 0.3 is 0 Å². The second kappa shape index (κ2) is 5.73. The van der Waals surface area contributed by atoms with E-state index in [0.717, 1.165) is 5.56 Å². The molecule has 0 saturated carbocycles. The minimum Gasteiger partial charge on any atom is -0.338 e. The molecule has 0 radical (unpaired) electrons. The third-order valence-corrected chi connectivity index (χ3v) is 3.91. The quantitative estimate of drug-likeness (QED) is 0.785. The van der Waals surface area contributed by atoms with Gasteiger partial charge in [0.05, 0.1) is 11.4 Å². The summed E-state index contributed by atoms with van der Waals surface area (Å²) in [6.45, 7) is 7.47. The van der Waals surface area contributed by atoms with Gasteiger partial charge in [-0.25, -0.2) is 0 Å². The maximum Gasteiger partial charge on any atom is 0.209 e. The molecule has 2 rings (SSSR count). The summed E-state index contributed by atoms with van der Waals surface area (Å²) in [6, 6.07) is 8.56. The summed E-state index contributed by atoms with van der Waals surface area (Å²) >= 11 is 5.86. The molecule has 1 heterocycles. The summed E-state index contributed by atoms with van der Waals surface area (Å²) in [6.07, 6.45) is 0. The number of aromatic nitrogens is 1. The van der Waals surface area contributed by atoms with Crippen LogP contribution in [0.5, 0.6) is 0 Å². The molecule has 0 amide bonds. The van der Waals surface area contributed by atoms with Crippen molar-refractivity contribution in [2.75, 3.05) is 0 Å². The number of carbonyl (C=O) groups is 2. The first-order valence-corrected chi connectivity index (χ1v) is 7.52. The van der Waals surface area contributed by atoms with Gasteiger partial charge in [0, 0.05) is 23.0 Å². The van der Waals surface area contributed by atoms with E-state index in [9.17, 15) is 9.59 Å². The highest BCUT2D eigenvalue weighted by Gasteiger charge is 2.28. The standard InChI is InChI=1S/C18H20ClNO2/c1-11-10-14(17(22)18(2,3)4)20(5)15(11)16(21)12-6-8-13(19)9-7-12/h6-10H,1-5H3. The van der Waals surface area contributed by atoms with Crippen molar-refractivity contribution in [1.29, 1.82) is 0 Å². The molecule has 0 unspecified atom stereocenters. The number of carbonyl (C=O) groups excluding carboxylic acids is 2. The molecular formula is C18H20ClNO2. The summed E-state index contributed by atoms with van der Waals surface area (Å²) in [5.41, 5.74) is 1.97. The molecule has 0 aliphatic rings. The smallest absolute Gasteiger partial charge is 0.209 e. The highest BCUT2D eigenvalue weighted by Crippen LogP contribution is 2.25. The molecule has 1 aromatic heterocycles. The van der Waals surface area contributed by atoms with Crippen molar-refractivity contribution in [1.82, 2.24) is 4.57 Å². The molecular weight excluding hydrogens is 298 g/mol. The molecule has 0 saturated heterocycles. The molecule has 0 N–H and O–H groups in total. The number of nitrogens with zero attached hydrogens (tertiary/aromatic N) is 1. The Labute approximate surface area is 135 Å². The molecule has 0 bridgehead atoms. The van der Waals surface area contributed by atoms with E-state index in [4.69, 9.17) is 11.6 Å². The average Bonchev–Trinajstić information content (AvgIpc) is 2.72. The number of Topliss-reactive ketones (excluding diaryl/α,β-unsaturated/α-hetero) is 1. The summed E-state index contributed by atoms with van der Waals surface area (Å²) in [7, 11) is 1.76. The van der Waals surface area contributed by atoms with Crippen LogP contribution in [0.1, 0.15) is 52.9 Å². The minimum absolute atomic E-state index is 0.0215. The van der Waals surface area contributed by atoms with Crippen molar-refractivity contribution >= 4 is 23.2 Å². The van der Waals surface area contributed by atoms with E-state index in [1.54, 1.807) is 41.9 Å². The minimum atomic E-state index is -0.487. The summed E-state index contributed by atoms with van der Waals surface area (Å²) in [5, 5.41) is 0.587. The second-order valence-corrected chi connectivity index (χ2v) is 6.97. The largest absolute Gasteiger partial charge is 0.338 e. The third-order valence-electron chi connectivity index (χ3n) is 3.66. The van der Waals surface area contributed by atoms with E-state index >= 15 is 0 Å². The van der Waals surface area contributed by atoms with E-state index < -0.39 is 5.41 Å². The second-order valence-electron chi connectivity index (χ2n) is 6.54. The van der Waals surface area contributed by atoms with Crippen molar-refractivity contribution in [3.8, 4) is 0 Å². The van der Waals surface area contributed by atoms with Crippen molar-refractivity contribution in [2.45, 2.75) is 27.7 Å². The molecule has 116 valence electrons. The van der Waals surface area contributed by atoms with Crippen molar-refractivity contribution in [2.24, 2.45) is 12.5 Å². The lowest BCUT2D eigenvalue weighted by Gasteiger charge is -2.17. The van der Waals surface area contributed by atoms with Gasteiger partial charge in [0.2, 0.25) is 5.78 Å². The van der Waals surface area contributed by atoms with Gasteiger partial charge in [0.25, 0.3) is 0 Å². The normalized spacial score (nSPS) is 11.5. The van der Waals surface area contributed by atoms with E-state index in [1.807, 2.05) is 27.7 Å². The number of hydrogen-bond donors (Lipinski definition) is 0. The van der Waals surface area contributed by atoms with Crippen LogP contribution in [0.25, 0.3) is 0 Å². The fraction of sp³-hybridized carbons (Fsp3) is 0.333. The van der Waals surface area contributed by atoms with Crippen LogP contribution in [0.15, 0.2) is 30.3 Å². The maximum atomic E-state index is 12.7. The molecule has 4 heteroatoms. The molecule has 1 aromatic carbocycles. The van der Waals surface area contributed by atoms with Gasteiger partial charge in [-0.15, -0.1) is 0 Å². The molecule has 3 nitrogen and oxygen atoms in total. The van der Waals surface area contributed by atoms with Gasteiger partial charge in [-0.3, -0.25) is 9.59 Å². The van der Waals surface area contributed by atoms with Gasteiger partial charge in [-0.1, -0.05) is 32.4 Å². The number of benzene rings is 1. The molecule has 0 fully saturated rings. The monoisotopic (exact) mass is 317 g/mol. The topological polar surface area (TPSA) is 39.1 Å². The summed E-state index contributed by atoms with van der Waals surface area (Å²) in [4.78, 5) is 25.2. The first-order chi connectivity index (χ1) is 10.1. The Hall–Kier alpha value is -1.87. The zero-order valence-corrected chi connectivity index (χ0v) is 14.3. The van der Waals surface area contributed by atoms with E-state index in [0.29, 0.717) is 22.0 Å². The molecule has 22 heavy (non-hydrogen) atoms. The Morgan fingerprint density at radius 2 is 1.64 bits per heavy atom. The number of aryl methyl sites for hydroxylation is 1.